The maximum Gasteiger partial charge on any atom is 0.341 e. The van der Waals surface area contributed by atoms with Gasteiger partial charge >= 0.3 is 5.97 Å². The summed E-state index contributed by atoms with van der Waals surface area (Å²) in [5.41, 5.74) is 1.56. The van der Waals surface area contributed by atoms with Gasteiger partial charge in [0.05, 0.1) is 28.8 Å². The Balaban J connectivity index is 1.57. The van der Waals surface area contributed by atoms with Crippen LogP contribution in [0.2, 0.25) is 0 Å². The molecule has 2 heterocycles. The smallest absolute Gasteiger partial charge is 0.341 e. The predicted molar refractivity (Wildman–Crippen MR) is 117 cm³/mol. The van der Waals surface area contributed by atoms with E-state index in [0.717, 1.165) is 10.6 Å². The number of ether oxygens (including phenoxy) is 1. The van der Waals surface area contributed by atoms with Gasteiger partial charge in [0.2, 0.25) is 0 Å². The summed E-state index contributed by atoms with van der Waals surface area (Å²) in [4.78, 5) is 29.8. The standard InChI is InChI=1S/C21H18N4O4S2/c1-14-11-15(25-29-14)13-31-20-16(5-4-9-23-20)21(27)28-12-19(26)24-17-6-2-3-7-18(17)30-10-8-22/h2-7,9,11H,10,12-13H2,1H3,(H,24,26). The van der Waals surface area contributed by atoms with Crippen LogP contribution in [0.15, 0.2) is 63.1 Å². The summed E-state index contributed by atoms with van der Waals surface area (Å²) in [6.45, 7) is 1.36. The average molecular weight is 455 g/mol. The monoisotopic (exact) mass is 454 g/mol. The van der Waals surface area contributed by atoms with E-state index < -0.39 is 18.5 Å². The van der Waals surface area contributed by atoms with Crippen molar-refractivity contribution in [3.8, 4) is 6.07 Å². The van der Waals surface area contributed by atoms with Gasteiger partial charge in [0.1, 0.15) is 10.8 Å². The molecule has 3 aromatic rings. The Morgan fingerprint density at radius 2 is 2.06 bits per heavy atom. The second-order valence-electron chi connectivity index (χ2n) is 6.14. The molecule has 2 aromatic heterocycles. The number of aryl methyl sites for hydroxylation is 1. The van der Waals surface area contributed by atoms with Crippen LogP contribution in [-0.4, -0.2) is 34.4 Å². The van der Waals surface area contributed by atoms with Gasteiger partial charge in [0, 0.05) is 22.9 Å². The molecule has 0 fully saturated rings. The largest absolute Gasteiger partial charge is 0.452 e. The summed E-state index contributed by atoms with van der Waals surface area (Å²) in [6, 6.07) is 14.2. The van der Waals surface area contributed by atoms with Crippen molar-refractivity contribution in [1.29, 1.82) is 5.26 Å². The third-order valence-corrected chi connectivity index (χ3v) is 5.79. The van der Waals surface area contributed by atoms with E-state index in [1.165, 1.54) is 23.5 Å². The fourth-order valence-electron chi connectivity index (χ4n) is 2.49. The van der Waals surface area contributed by atoms with Crippen LogP contribution < -0.4 is 5.32 Å². The first-order valence-electron chi connectivity index (χ1n) is 9.12. The molecule has 0 aliphatic heterocycles. The van der Waals surface area contributed by atoms with E-state index in [1.807, 2.05) is 18.2 Å². The van der Waals surface area contributed by atoms with Gasteiger partial charge in [-0.1, -0.05) is 29.1 Å². The molecule has 0 radical (unpaired) electrons. The van der Waals surface area contributed by atoms with E-state index in [-0.39, 0.29) is 11.3 Å². The van der Waals surface area contributed by atoms with Crippen LogP contribution in [0.5, 0.6) is 0 Å². The summed E-state index contributed by atoms with van der Waals surface area (Å²) in [7, 11) is 0. The van der Waals surface area contributed by atoms with Crippen molar-refractivity contribution in [2.24, 2.45) is 0 Å². The summed E-state index contributed by atoms with van der Waals surface area (Å²) >= 11 is 2.64. The van der Waals surface area contributed by atoms with E-state index in [0.29, 0.717) is 22.2 Å². The molecule has 158 valence electrons. The number of carbonyl (C=O) groups is 2. The number of aromatic nitrogens is 2. The van der Waals surface area contributed by atoms with Crippen LogP contribution in [0, 0.1) is 18.3 Å². The van der Waals surface area contributed by atoms with Crippen LogP contribution >= 0.6 is 23.5 Å². The minimum atomic E-state index is -0.644. The molecule has 0 aliphatic rings. The highest BCUT2D eigenvalue weighted by Crippen LogP contribution is 2.27. The average Bonchev–Trinajstić information content (AvgIpc) is 3.20. The zero-order valence-electron chi connectivity index (χ0n) is 16.5. The first-order valence-corrected chi connectivity index (χ1v) is 11.1. The highest BCUT2D eigenvalue weighted by Gasteiger charge is 2.17. The summed E-state index contributed by atoms with van der Waals surface area (Å²) in [6.07, 6.45) is 1.58. The van der Waals surface area contributed by atoms with Crippen molar-refractivity contribution in [1.82, 2.24) is 10.1 Å². The number of para-hydroxylation sites is 1. The van der Waals surface area contributed by atoms with E-state index in [4.69, 9.17) is 14.5 Å². The van der Waals surface area contributed by atoms with Crippen molar-refractivity contribution in [2.75, 3.05) is 17.7 Å². The van der Waals surface area contributed by atoms with Gasteiger partial charge in [0.25, 0.3) is 5.91 Å². The number of esters is 1. The number of hydrogen-bond donors (Lipinski definition) is 1. The first kappa shape index (κ1) is 22.4. The predicted octanol–water partition coefficient (Wildman–Crippen LogP) is 4.08. The number of amides is 1. The highest BCUT2D eigenvalue weighted by atomic mass is 32.2. The minimum absolute atomic E-state index is 0.261. The number of carbonyl (C=O) groups excluding carboxylic acids is 2. The molecule has 31 heavy (non-hydrogen) atoms. The third-order valence-electron chi connectivity index (χ3n) is 3.81. The van der Waals surface area contributed by atoms with Gasteiger partial charge in [-0.15, -0.1) is 11.8 Å². The second kappa shape index (κ2) is 11.2. The maximum atomic E-state index is 12.5. The summed E-state index contributed by atoms with van der Waals surface area (Å²) < 4.78 is 10.2. The van der Waals surface area contributed by atoms with Crippen molar-refractivity contribution in [3.05, 3.63) is 65.7 Å². The number of anilines is 1. The lowest BCUT2D eigenvalue weighted by Gasteiger charge is -2.11. The number of nitriles is 1. The van der Waals surface area contributed by atoms with E-state index in [9.17, 15) is 9.59 Å². The van der Waals surface area contributed by atoms with Crippen LogP contribution in [0.3, 0.4) is 0 Å². The van der Waals surface area contributed by atoms with Gasteiger partial charge in [-0.05, 0) is 31.2 Å². The number of pyridine rings is 1. The Morgan fingerprint density at radius 3 is 2.84 bits per heavy atom. The van der Waals surface area contributed by atoms with Gasteiger partial charge in [-0.3, -0.25) is 4.79 Å². The lowest BCUT2D eigenvalue weighted by Crippen LogP contribution is -2.21. The molecule has 0 atom stereocenters. The lowest BCUT2D eigenvalue weighted by molar-refractivity contribution is -0.119. The lowest BCUT2D eigenvalue weighted by atomic mass is 10.3. The third kappa shape index (κ3) is 6.60. The zero-order chi connectivity index (χ0) is 22.1. The highest BCUT2D eigenvalue weighted by molar-refractivity contribution is 7.99. The minimum Gasteiger partial charge on any atom is -0.452 e. The number of rotatable bonds is 9. The van der Waals surface area contributed by atoms with Crippen LogP contribution in [0.25, 0.3) is 0 Å². The molecule has 0 unspecified atom stereocenters. The Kier molecular flexibility index (Phi) is 8.09. The molecule has 0 spiro atoms. The summed E-state index contributed by atoms with van der Waals surface area (Å²) in [5.74, 6) is 0.322. The fraction of sp³-hybridized carbons (Fsp3) is 0.190. The summed E-state index contributed by atoms with van der Waals surface area (Å²) in [5, 5.41) is 15.9. The molecule has 1 aromatic carbocycles. The van der Waals surface area contributed by atoms with Crippen molar-refractivity contribution >= 4 is 41.1 Å². The van der Waals surface area contributed by atoms with Crippen molar-refractivity contribution in [2.45, 2.75) is 22.6 Å². The molecular weight excluding hydrogens is 436 g/mol. The molecular formula is C21H18N4O4S2. The Hall–Kier alpha value is -3.29. The number of thioether (sulfide) groups is 2. The van der Waals surface area contributed by atoms with Gasteiger partial charge in [0.15, 0.2) is 6.61 Å². The van der Waals surface area contributed by atoms with Gasteiger partial charge < -0.3 is 14.6 Å². The quantitative estimate of drug-likeness (QED) is 0.377. The maximum absolute atomic E-state index is 12.5. The Morgan fingerprint density at radius 1 is 1.23 bits per heavy atom. The first-order chi connectivity index (χ1) is 15.1. The SMILES string of the molecule is Cc1cc(CSc2ncccc2C(=O)OCC(=O)Nc2ccccc2SCC#N)no1. The Bertz CT molecular complexity index is 1110. The Labute approximate surface area is 187 Å². The number of hydrogen-bond acceptors (Lipinski definition) is 9. The van der Waals surface area contributed by atoms with E-state index in [2.05, 4.69) is 15.5 Å². The van der Waals surface area contributed by atoms with Crippen LogP contribution in [0.1, 0.15) is 21.8 Å². The normalized spacial score (nSPS) is 10.3. The van der Waals surface area contributed by atoms with Gasteiger partial charge in [-0.2, -0.15) is 5.26 Å². The molecule has 3 rings (SSSR count). The molecule has 0 saturated carbocycles. The molecule has 1 N–H and O–H groups in total. The molecule has 1 amide bonds. The van der Waals surface area contributed by atoms with Gasteiger partial charge in [-0.25, -0.2) is 9.78 Å². The van der Waals surface area contributed by atoms with E-state index >= 15 is 0 Å². The molecule has 0 saturated heterocycles. The molecule has 8 nitrogen and oxygen atoms in total. The van der Waals surface area contributed by atoms with Crippen molar-refractivity contribution in [3.63, 3.8) is 0 Å². The topological polar surface area (TPSA) is 118 Å². The molecule has 10 heteroatoms. The zero-order valence-corrected chi connectivity index (χ0v) is 18.2. The second-order valence-corrected chi connectivity index (χ2v) is 8.12. The number of nitrogens with zero attached hydrogens (tertiary/aromatic N) is 3. The van der Waals surface area contributed by atoms with Crippen LogP contribution in [0.4, 0.5) is 5.69 Å². The number of benzene rings is 1. The molecule has 0 aliphatic carbocycles. The molecule has 0 bridgehead atoms. The van der Waals surface area contributed by atoms with E-state index in [1.54, 1.807) is 43.5 Å². The fourth-order valence-corrected chi connectivity index (χ4v) is 4.02. The van der Waals surface area contributed by atoms with Crippen LogP contribution in [-0.2, 0) is 15.3 Å². The number of nitrogens with one attached hydrogen (secondary N) is 1. The van der Waals surface area contributed by atoms with Crippen molar-refractivity contribution < 1.29 is 18.8 Å².